The Morgan fingerprint density at radius 3 is 2.33 bits per heavy atom. The van der Waals surface area contributed by atoms with Crippen molar-refractivity contribution in [1.82, 2.24) is 0 Å². The van der Waals surface area contributed by atoms with Gasteiger partial charge in [0.05, 0.1) is 0 Å². The van der Waals surface area contributed by atoms with Crippen molar-refractivity contribution in [2.75, 3.05) is 0 Å². The van der Waals surface area contributed by atoms with E-state index in [1.807, 2.05) is 0 Å². The van der Waals surface area contributed by atoms with E-state index in [4.69, 9.17) is 5.73 Å². The van der Waals surface area contributed by atoms with Crippen LogP contribution in [-0.2, 0) is 0 Å². The van der Waals surface area contributed by atoms with Crippen LogP contribution in [0.3, 0.4) is 0 Å². The molecule has 0 radical (unpaired) electrons. The first-order chi connectivity index (χ1) is 4.18. The average Bonchev–Trinajstić information content (AvgIpc) is 1.58. The zero-order chi connectivity index (χ0) is 6.48. The van der Waals surface area contributed by atoms with Crippen LogP contribution < -0.4 is 5.73 Å². The van der Waals surface area contributed by atoms with Gasteiger partial charge < -0.3 is 5.73 Å². The highest BCUT2D eigenvalue weighted by Gasteiger charge is 2.45. The van der Waals surface area contributed by atoms with E-state index in [9.17, 15) is 0 Å². The molecule has 1 nitrogen and oxygen atoms in total. The SMILES string of the molecule is CC12CC(N)CC(C1)C2. The van der Waals surface area contributed by atoms with Gasteiger partial charge in [-0.25, -0.2) is 0 Å². The number of rotatable bonds is 0. The lowest BCUT2D eigenvalue weighted by Gasteiger charge is -2.52. The summed E-state index contributed by atoms with van der Waals surface area (Å²) in [7, 11) is 0. The first-order valence-corrected chi connectivity index (χ1v) is 3.94. The zero-order valence-electron chi connectivity index (χ0n) is 6.06. The Kier molecular flexibility index (Phi) is 0.963. The highest BCUT2D eigenvalue weighted by molar-refractivity contribution is 4.98. The second kappa shape index (κ2) is 1.51. The molecule has 1 atom stereocenters. The van der Waals surface area contributed by atoms with Gasteiger partial charge in [0.2, 0.25) is 0 Å². The van der Waals surface area contributed by atoms with Crippen LogP contribution >= 0.6 is 0 Å². The highest BCUT2D eigenvalue weighted by atomic mass is 14.7. The molecular weight excluding hydrogens is 110 g/mol. The maximum atomic E-state index is 5.84. The summed E-state index contributed by atoms with van der Waals surface area (Å²) in [5.41, 5.74) is 6.51. The summed E-state index contributed by atoms with van der Waals surface area (Å²) in [5, 5.41) is 0. The number of hydrogen-bond donors (Lipinski definition) is 1. The standard InChI is InChI=1S/C8H15N/c1-8-3-6(4-8)2-7(9)5-8/h6-7H,2-5,9H2,1H3. The van der Waals surface area contributed by atoms with Crippen molar-refractivity contribution >= 4 is 0 Å². The molecular formula is C8H15N. The topological polar surface area (TPSA) is 26.0 Å². The summed E-state index contributed by atoms with van der Waals surface area (Å²) in [6.07, 6.45) is 5.50. The van der Waals surface area contributed by atoms with E-state index in [2.05, 4.69) is 6.92 Å². The molecule has 0 aliphatic heterocycles. The van der Waals surface area contributed by atoms with Crippen LogP contribution in [-0.4, -0.2) is 6.04 Å². The van der Waals surface area contributed by atoms with Gasteiger partial charge in [0, 0.05) is 6.04 Å². The summed E-state index contributed by atoms with van der Waals surface area (Å²) in [5.74, 6) is 0.999. The summed E-state index contributed by atoms with van der Waals surface area (Å²) in [4.78, 5) is 0. The quantitative estimate of drug-likeness (QED) is 0.522. The largest absolute Gasteiger partial charge is 0.328 e. The number of hydrogen-bond acceptors (Lipinski definition) is 1. The summed E-state index contributed by atoms with van der Waals surface area (Å²) in [6, 6.07) is 0.530. The molecule has 0 aromatic heterocycles. The van der Waals surface area contributed by atoms with Crippen LogP contribution in [0.25, 0.3) is 0 Å². The predicted molar refractivity (Wildman–Crippen MR) is 38.0 cm³/mol. The molecule has 3 aliphatic rings. The fraction of sp³-hybridized carbons (Fsp3) is 1.00. The lowest BCUT2D eigenvalue weighted by molar-refractivity contribution is 0.00152. The Morgan fingerprint density at radius 1 is 1.33 bits per heavy atom. The molecule has 0 saturated heterocycles. The fourth-order valence-electron chi connectivity index (χ4n) is 2.81. The van der Waals surface area contributed by atoms with Gasteiger partial charge in [0.1, 0.15) is 0 Å². The molecule has 0 spiro atoms. The molecule has 52 valence electrons. The third-order valence-corrected chi connectivity index (χ3v) is 2.95. The van der Waals surface area contributed by atoms with Crippen LogP contribution in [0.1, 0.15) is 32.6 Å². The maximum absolute atomic E-state index is 5.84. The lowest BCUT2D eigenvalue weighted by Crippen LogP contribution is -2.47. The molecule has 0 aromatic rings. The fourth-order valence-corrected chi connectivity index (χ4v) is 2.81. The smallest absolute Gasteiger partial charge is 0.00466 e. The number of nitrogens with two attached hydrogens (primary N) is 1. The van der Waals surface area contributed by atoms with Gasteiger partial charge in [-0.3, -0.25) is 0 Å². The minimum absolute atomic E-state index is 0.530. The summed E-state index contributed by atoms with van der Waals surface area (Å²) in [6.45, 7) is 2.38. The molecule has 3 rings (SSSR count). The van der Waals surface area contributed by atoms with Gasteiger partial charge in [-0.05, 0) is 37.0 Å². The Balaban J connectivity index is 2.05. The second-order valence-electron chi connectivity index (χ2n) is 4.28. The van der Waals surface area contributed by atoms with Crippen molar-refractivity contribution in [1.29, 1.82) is 0 Å². The van der Waals surface area contributed by atoms with Gasteiger partial charge >= 0.3 is 0 Å². The van der Waals surface area contributed by atoms with Crippen molar-refractivity contribution in [3.63, 3.8) is 0 Å². The minimum Gasteiger partial charge on any atom is -0.328 e. The summed E-state index contributed by atoms with van der Waals surface area (Å²) >= 11 is 0. The third kappa shape index (κ3) is 0.787. The number of fused-ring (bicyclic) bond motifs is 2. The molecule has 0 aromatic carbocycles. The van der Waals surface area contributed by atoms with Crippen LogP contribution in [0.2, 0.25) is 0 Å². The predicted octanol–water partition coefficient (Wildman–Crippen LogP) is 1.52. The normalized spacial score (nSPS) is 56.7. The molecule has 3 saturated carbocycles. The molecule has 1 unspecified atom stereocenters. The van der Waals surface area contributed by atoms with Crippen molar-refractivity contribution in [3.8, 4) is 0 Å². The second-order valence-corrected chi connectivity index (χ2v) is 4.28. The van der Waals surface area contributed by atoms with E-state index in [1.54, 1.807) is 0 Å². The minimum atomic E-state index is 0.530. The Bertz CT molecular complexity index is 122. The van der Waals surface area contributed by atoms with Crippen molar-refractivity contribution in [3.05, 3.63) is 0 Å². The van der Waals surface area contributed by atoms with Crippen LogP contribution in [0.4, 0.5) is 0 Å². The molecule has 2 bridgehead atoms. The van der Waals surface area contributed by atoms with E-state index in [1.165, 1.54) is 25.7 Å². The van der Waals surface area contributed by atoms with E-state index in [0.29, 0.717) is 11.5 Å². The Morgan fingerprint density at radius 2 is 2.00 bits per heavy atom. The van der Waals surface area contributed by atoms with Crippen molar-refractivity contribution in [2.24, 2.45) is 17.1 Å². The highest BCUT2D eigenvalue weighted by Crippen LogP contribution is 2.54. The zero-order valence-corrected chi connectivity index (χ0v) is 6.06. The van der Waals surface area contributed by atoms with E-state index >= 15 is 0 Å². The van der Waals surface area contributed by atoms with E-state index in [-0.39, 0.29) is 0 Å². The van der Waals surface area contributed by atoms with Crippen LogP contribution in [0.5, 0.6) is 0 Å². The third-order valence-electron chi connectivity index (χ3n) is 2.95. The molecule has 2 N–H and O–H groups in total. The van der Waals surface area contributed by atoms with Gasteiger partial charge in [-0.15, -0.1) is 0 Å². The molecule has 3 fully saturated rings. The first-order valence-electron chi connectivity index (χ1n) is 3.94. The van der Waals surface area contributed by atoms with E-state index in [0.717, 1.165) is 5.92 Å². The average molecular weight is 125 g/mol. The Hall–Kier alpha value is -0.0400. The molecule has 0 heterocycles. The molecule has 9 heavy (non-hydrogen) atoms. The maximum Gasteiger partial charge on any atom is 0.00466 e. The van der Waals surface area contributed by atoms with Gasteiger partial charge in [0.25, 0.3) is 0 Å². The lowest BCUT2D eigenvalue weighted by atomic mass is 9.54. The monoisotopic (exact) mass is 125 g/mol. The van der Waals surface area contributed by atoms with Crippen LogP contribution in [0.15, 0.2) is 0 Å². The van der Waals surface area contributed by atoms with Gasteiger partial charge in [0.15, 0.2) is 0 Å². The van der Waals surface area contributed by atoms with E-state index < -0.39 is 0 Å². The van der Waals surface area contributed by atoms with Gasteiger partial charge in [-0.1, -0.05) is 6.92 Å². The summed E-state index contributed by atoms with van der Waals surface area (Å²) < 4.78 is 0. The van der Waals surface area contributed by atoms with Crippen LogP contribution in [0, 0.1) is 11.3 Å². The Labute approximate surface area is 56.6 Å². The molecule has 3 aliphatic carbocycles. The molecule has 0 amide bonds. The van der Waals surface area contributed by atoms with Gasteiger partial charge in [-0.2, -0.15) is 0 Å². The van der Waals surface area contributed by atoms with Crippen molar-refractivity contribution in [2.45, 2.75) is 38.6 Å². The van der Waals surface area contributed by atoms with Crippen molar-refractivity contribution < 1.29 is 0 Å². The molecule has 1 heteroatoms. The first kappa shape index (κ1) is 5.72.